The van der Waals surface area contributed by atoms with Crippen LogP contribution in [0.3, 0.4) is 0 Å². The molecule has 0 saturated carbocycles. The lowest BCUT2D eigenvalue weighted by atomic mass is 9.89. The van der Waals surface area contributed by atoms with E-state index in [1.54, 1.807) is 12.1 Å². The lowest BCUT2D eigenvalue weighted by Crippen LogP contribution is -2.28. The third kappa shape index (κ3) is 3.51. The highest BCUT2D eigenvalue weighted by atomic mass is 19.3. The van der Waals surface area contributed by atoms with E-state index in [1.807, 2.05) is 28.8 Å². The van der Waals surface area contributed by atoms with Gasteiger partial charge in [-0.15, -0.1) is 0 Å². The normalized spacial score (nSPS) is 18.8. The summed E-state index contributed by atoms with van der Waals surface area (Å²) in [5, 5.41) is 2.90. The number of alkyl halides is 2. The third-order valence-electron chi connectivity index (χ3n) is 6.95. The van der Waals surface area contributed by atoms with Crippen LogP contribution >= 0.6 is 0 Å². The predicted octanol–water partition coefficient (Wildman–Crippen LogP) is 4.75. The number of para-hydroxylation sites is 2. The Morgan fingerprint density at radius 2 is 1.86 bits per heavy atom. The van der Waals surface area contributed by atoms with Crippen LogP contribution in [0.5, 0.6) is 5.75 Å². The Bertz CT molecular complexity index is 1600. The minimum absolute atomic E-state index is 0.0203. The van der Waals surface area contributed by atoms with Gasteiger partial charge < -0.3 is 20.4 Å². The highest BCUT2D eigenvalue weighted by Gasteiger charge is 2.43. The number of nitrogens with zero attached hydrogens (tertiary/aromatic N) is 2. The van der Waals surface area contributed by atoms with Crippen molar-refractivity contribution in [3.05, 3.63) is 82.9 Å². The van der Waals surface area contributed by atoms with Gasteiger partial charge in [0.25, 0.3) is 5.91 Å². The van der Waals surface area contributed by atoms with Crippen molar-refractivity contribution in [2.24, 2.45) is 5.73 Å². The number of carbonyl (C=O) groups is 2. The lowest BCUT2D eigenvalue weighted by molar-refractivity contribution is -0.0519. The quantitative estimate of drug-likeness (QED) is 0.381. The van der Waals surface area contributed by atoms with E-state index in [0.717, 1.165) is 5.52 Å². The number of carbonyl (C=O) groups excluding carboxylic acids is 2. The summed E-state index contributed by atoms with van der Waals surface area (Å²) in [4.78, 5) is 30.8. The average Bonchev–Trinajstić information content (AvgIpc) is 3.37. The number of hydrogen-bond acceptors (Lipinski definition) is 5. The molecule has 0 fully saturated rings. The van der Waals surface area contributed by atoms with Gasteiger partial charge in [0.05, 0.1) is 29.2 Å². The van der Waals surface area contributed by atoms with Crippen LogP contribution in [-0.4, -0.2) is 33.9 Å². The van der Waals surface area contributed by atoms with Crippen molar-refractivity contribution in [3.63, 3.8) is 0 Å². The fourth-order valence-corrected chi connectivity index (χ4v) is 5.42. The SMILES string of the molecule is CC(N)C(=O)c1ccccc1-c1cc2c(c(F)c1OC(F)F)[C@H]1C[C@@H](NC2=O)c2nc3ccccc3n21. The van der Waals surface area contributed by atoms with Gasteiger partial charge in [-0.2, -0.15) is 8.78 Å². The lowest BCUT2D eigenvalue weighted by Gasteiger charge is -2.23. The molecule has 3 aromatic carbocycles. The topological polar surface area (TPSA) is 99.2 Å². The fraction of sp³-hybridized carbons (Fsp3) is 0.222. The van der Waals surface area contributed by atoms with E-state index in [1.165, 1.54) is 25.1 Å². The number of ketones is 1. The molecule has 2 aliphatic rings. The Morgan fingerprint density at radius 3 is 2.62 bits per heavy atom. The highest BCUT2D eigenvalue weighted by Crippen LogP contribution is 2.49. The molecule has 37 heavy (non-hydrogen) atoms. The summed E-state index contributed by atoms with van der Waals surface area (Å²) >= 11 is 0. The fourth-order valence-electron chi connectivity index (χ4n) is 5.42. The van der Waals surface area contributed by atoms with Gasteiger partial charge in [-0.3, -0.25) is 9.59 Å². The number of nitrogens with two attached hydrogens (primary N) is 1. The first-order valence-electron chi connectivity index (χ1n) is 11.7. The zero-order chi connectivity index (χ0) is 26.0. The first-order chi connectivity index (χ1) is 17.8. The second kappa shape index (κ2) is 8.45. The summed E-state index contributed by atoms with van der Waals surface area (Å²) in [5.41, 5.74) is 7.23. The summed E-state index contributed by atoms with van der Waals surface area (Å²) in [7, 11) is 0. The molecule has 3 atom stereocenters. The standard InChI is InChI=1S/C27H21F3N4O3/c1-12(31)23(35)14-7-3-2-6-13(14)15-10-16-21(22(28)24(15)37-27(29)30)20-11-18(33-26(16)36)25-32-17-8-4-5-9-19(17)34(20)25/h2-10,12,18,20,27H,11,31H2,1H3,(H,33,36)/t12?,18-,20-/m1/s1. The molecule has 0 saturated heterocycles. The molecule has 2 aliphatic heterocycles. The van der Waals surface area contributed by atoms with Crippen molar-refractivity contribution in [2.75, 3.05) is 0 Å². The minimum Gasteiger partial charge on any atom is -0.431 e. The molecular weight excluding hydrogens is 485 g/mol. The summed E-state index contributed by atoms with van der Waals surface area (Å²) in [5.74, 6) is -2.28. The molecular formula is C27H21F3N4O3. The molecule has 1 unspecified atom stereocenters. The van der Waals surface area contributed by atoms with Crippen molar-refractivity contribution in [1.29, 1.82) is 0 Å². The van der Waals surface area contributed by atoms with Crippen LogP contribution in [0.2, 0.25) is 0 Å². The number of benzene rings is 3. The molecule has 0 spiro atoms. The highest BCUT2D eigenvalue weighted by molar-refractivity contribution is 6.07. The number of hydrogen-bond donors (Lipinski definition) is 2. The number of amides is 1. The minimum atomic E-state index is -3.34. The van der Waals surface area contributed by atoms with Crippen LogP contribution in [0.4, 0.5) is 13.2 Å². The number of imidazole rings is 1. The summed E-state index contributed by atoms with van der Waals surface area (Å²) < 4.78 is 50.1. The Balaban J connectivity index is 1.64. The van der Waals surface area contributed by atoms with Crippen molar-refractivity contribution in [1.82, 2.24) is 14.9 Å². The van der Waals surface area contributed by atoms with Gasteiger partial charge >= 0.3 is 6.61 Å². The monoisotopic (exact) mass is 506 g/mol. The van der Waals surface area contributed by atoms with Crippen molar-refractivity contribution >= 4 is 22.7 Å². The number of aromatic nitrogens is 2. The zero-order valence-electron chi connectivity index (χ0n) is 19.5. The summed E-state index contributed by atoms with van der Waals surface area (Å²) in [6, 6.07) is 12.7. The second-order valence-electron chi connectivity index (χ2n) is 9.21. The number of Topliss-reactive ketones (excluding diaryl/α,β-unsaturated/α-hetero) is 1. The van der Waals surface area contributed by atoms with E-state index >= 15 is 4.39 Å². The molecule has 0 aliphatic carbocycles. The van der Waals surface area contributed by atoms with E-state index < -0.39 is 48.0 Å². The Morgan fingerprint density at radius 1 is 1.14 bits per heavy atom. The Hall–Kier alpha value is -4.18. The van der Waals surface area contributed by atoms with Gasteiger partial charge in [0.2, 0.25) is 0 Å². The van der Waals surface area contributed by atoms with Crippen molar-refractivity contribution in [3.8, 4) is 16.9 Å². The van der Waals surface area contributed by atoms with Crippen LogP contribution < -0.4 is 15.8 Å². The molecule has 3 N–H and O–H groups in total. The van der Waals surface area contributed by atoms with Gasteiger partial charge in [0.15, 0.2) is 17.3 Å². The smallest absolute Gasteiger partial charge is 0.387 e. The molecule has 2 bridgehead atoms. The van der Waals surface area contributed by atoms with Crippen LogP contribution in [-0.2, 0) is 0 Å². The predicted molar refractivity (Wildman–Crippen MR) is 129 cm³/mol. The zero-order valence-corrected chi connectivity index (χ0v) is 19.5. The largest absolute Gasteiger partial charge is 0.431 e. The van der Waals surface area contributed by atoms with E-state index in [9.17, 15) is 18.4 Å². The maximum absolute atomic E-state index is 16.4. The van der Waals surface area contributed by atoms with Crippen molar-refractivity contribution < 1.29 is 27.5 Å². The number of ether oxygens (including phenoxy) is 1. The number of fused-ring (bicyclic) bond motifs is 9. The molecule has 6 rings (SSSR count). The molecule has 1 amide bonds. The van der Waals surface area contributed by atoms with E-state index in [-0.39, 0.29) is 27.8 Å². The molecule has 0 radical (unpaired) electrons. The maximum atomic E-state index is 16.4. The van der Waals surface area contributed by atoms with Gasteiger partial charge in [-0.25, -0.2) is 9.37 Å². The van der Waals surface area contributed by atoms with Gasteiger partial charge in [0.1, 0.15) is 5.82 Å². The molecule has 7 nitrogen and oxygen atoms in total. The summed E-state index contributed by atoms with van der Waals surface area (Å²) in [6.07, 6.45) is 0.302. The Kier molecular flexibility index (Phi) is 5.30. The first-order valence-corrected chi connectivity index (χ1v) is 11.7. The van der Waals surface area contributed by atoms with Gasteiger partial charge in [0, 0.05) is 22.3 Å². The number of halogens is 3. The van der Waals surface area contributed by atoms with Gasteiger partial charge in [-0.1, -0.05) is 36.4 Å². The van der Waals surface area contributed by atoms with Crippen LogP contribution in [0.15, 0.2) is 54.6 Å². The molecule has 10 heteroatoms. The van der Waals surface area contributed by atoms with E-state index in [0.29, 0.717) is 17.8 Å². The van der Waals surface area contributed by atoms with Gasteiger partial charge in [-0.05, 0) is 37.1 Å². The third-order valence-corrected chi connectivity index (χ3v) is 6.95. The van der Waals surface area contributed by atoms with Crippen LogP contribution in [0, 0.1) is 5.82 Å². The Labute approximate surface area is 209 Å². The first kappa shape index (κ1) is 23.2. The van der Waals surface area contributed by atoms with Crippen LogP contribution in [0.1, 0.15) is 57.5 Å². The molecule has 4 aromatic rings. The molecule has 1 aromatic heterocycles. The number of nitrogens with one attached hydrogen (secondary N) is 1. The molecule has 188 valence electrons. The maximum Gasteiger partial charge on any atom is 0.387 e. The van der Waals surface area contributed by atoms with E-state index in [2.05, 4.69) is 10.3 Å². The number of rotatable bonds is 5. The average molecular weight is 506 g/mol. The van der Waals surface area contributed by atoms with E-state index in [4.69, 9.17) is 10.5 Å². The second-order valence-corrected chi connectivity index (χ2v) is 9.21. The van der Waals surface area contributed by atoms with Crippen molar-refractivity contribution in [2.45, 2.75) is 38.1 Å². The van der Waals surface area contributed by atoms with Crippen LogP contribution in [0.25, 0.3) is 22.2 Å². The molecule has 3 heterocycles. The summed E-state index contributed by atoms with van der Waals surface area (Å²) in [6.45, 7) is -1.85.